The minimum absolute atomic E-state index is 0.713. The molecule has 2 aromatic rings. The van der Waals surface area contributed by atoms with E-state index in [-0.39, 0.29) is 0 Å². The van der Waals surface area contributed by atoms with E-state index in [9.17, 15) is 0 Å². The maximum atomic E-state index is 4.46. The summed E-state index contributed by atoms with van der Waals surface area (Å²) < 4.78 is 0. The van der Waals surface area contributed by atoms with Gasteiger partial charge in [-0.15, -0.1) is 6.58 Å². The van der Waals surface area contributed by atoms with Gasteiger partial charge in [0.2, 0.25) is 0 Å². The topological polar surface area (TPSA) is 24.4 Å². The lowest BCUT2D eigenvalue weighted by molar-refractivity contribution is 1.08. The highest BCUT2D eigenvalue weighted by molar-refractivity contribution is 5.81. The summed E-state index contributed by atoms with van der Waals surface area (Å²) in [6.07, 6.45) is 3.75. The Labute approximate surface area is 114 Å². The molecule has 2 aromatic carbocycles. The number of hydrogen-bond acceptors (Lipinski definition) is 2. The van der Waals surface area contributed by atoms with Crippen molar-refractivity contribution in [1.29, 1.82) is 0 Å². The van der Waals surface area contributed by atoms with Crippen molar-refractivity contribution in [2.24, 2.45) is 4.99 Å². The fraction of sp³-hybridized carbons (Fsp3) is 0.118. The quantitative estimate of drug-likeness (QED) is 0.610. The van der Waals surface area contributed by atoms with Crippen molar-refractivity contribution in [2.45, 2.75) is 6.54 Å². The average Bonchev–Trinajstić information content (AvgIpc) is 2.47. The molecule has 2 rings (SSSR count). The molecule has 1 N–H and O–H groups in total. The monoisotopic (exact) mass is 250 g/mol. The van der Waals surface area contributed by atoms with Gasteiger partial charge in [-0.05, 0) is 23.3 Å². The second-order valence-corrected chi connectivity index (χ2v) is 4.25. The molecule has 0 heterocycles. The molecular formula is C17H18N2. The molecule has 0 amide bonds. The Hall–Kier alpha value is -2.35. The molecule has 0 radical (unpaired) electrons. The average molecular weight is 250 g/mol. The van der Waals surface area contributed by atoms with Gasteiger partial charge in [0.05, 0.1) is 6.54 Å². The van der Waals surface area contributed by atoms with E-state index in [1.54, 1.807) is 0 Å². The number of anilines is 1. The van der Waals surface area contributed by atoms with Gasteiger partial charge >= 0.3 is 0 Å². The summed E-state index contributed by atoms with van der Waals surface area (Å²) in [5.41, 5.74) is 3.41. The van der Waals surface area contributed by atoms with E-state index >= 15 is 0 Å². The van der Waals surface area contributed by atoms with E-state index in [1.807, 2.05) is 48.7 Å². The summed E-state index contributed by atoms with van der Waals surface area (Å²) in [7, 11) is 0. The van der Waals surface area contributed by atoms with Crippen LogP contribution in [0.15, 0.2) is 72.2 Å². The van der Waals surface area contributed by atoms with Gasteiger partial charge in [-0.2, -0.15) is 0 Å². The molecular weight excluding hydrogens is 232 g/mol. The van der Waals surface area contributed by atoms with E-state index in [1.165, 1.54) is 5.56 Å². The molecule has 19 heavy (non-hydrogen) atoms. The van der Waals surface area contributed by atoms with Crippen LogP contribution in [0, 0.1) is 0 Å². The van der Waals surface area contributed by atoms with Gasteiger partial charge in [-0.1, -0.05) is 48.5 Å². The van der Waals surface area contributed by atoms with Gasteiger partial charge < -0.3 is 5.32 Å². The van der Waals surface area contributed by atoms with Crippen molar-refractivity contribution in [1.82, 2.24) is 0 Å². The van der Waals surface area contributed by atoms with Crippen molar-refractivity contribution in [3.63, 3.8) is 0 Å². The molecule has 0 unspecified atom stereocenters. The van der Waals surface area contributed by atoms with Crippen LogP contribution in [0.25, 0.3) is 0 Å². The number of aliphatic imine (C=N–C) groups is 1. The Bertz CT molecular complexity index is 544. The number of hydrogen-bond donors (Lipinski definition) is 1. The molecule has 0 spiro atoms. The first-order chi connectivity index (χ1) is 9.38. The van der Waals surface area contributed by atoms with Crippen LogP contribution >= 0.6 is 0 Å². The van der Waals surface area contributed by atoms with Gasteiger partial charge in [0.1, 0.15) is 0 Å². The van der Waals surface area contributed by atoms with E-state index in [0.29, 0.717) is 6.54 Å². The molecule has 0 aliphatic carbocycles. The minimum Gasteiger partial charge on any atom is -0.382 e. The fourth-order valence-corrected chi connectivity index (χ4v) is 1.76. The second-order valence-electron chi connectivity index (χ2n) is 4.25. The van der Waals surface area contributed by atoms with E-state index in [0.717, 1.165) is 17.8 Å². The Morgan fingerprint density at radius 3 is 2.68 bits per heavy atom. The number of rotatable bonds is 6. The Morgan fingerprint density at radius 1 is 1.05 bits per heavy atom. The van der Waals surface area contributed by atoms with Crippen LogP contribution in [0.2, 0.25) is 0 Å². The Kier molecular flexibility index (Phi) is 4.94. The van der Waals surface area contributed by atoms with Gasteiger partial charge in [0.25, 0.3) is 0 Å². The van der Waals surface area contributed by atoms with Crippen LogP contribution in [-0.2, 0) is 6.54 Å². The van der Waals surface area contributed by atoms with Crippen LogP contribution in [0.5, 0.6) is 0 Å². The largest absolute Gasteiger partial charge is 0.382 e. The highest BCUT2D eigenvalue weighted by Gasteiger charge is 1.92. The first-order valence-electron chi connectivity index (χ1n) is 6.37. The van der Waals surface area contributed by atoms with Gasteiger partial charge in [-0.25, -0.2) is 0 Å². The molecule has 0 aliphatic rings. The molecule has 0 saturated heterocycles. The van der Waals surface area contributed by atoms with Crippen LogP contribution in [0.1, 0.15) is 11.1 Å². The molecule has 2 heteroatoms. The third-order valence-electron chi connectivity index (χ3n) is 2.69. The zero-order valence-corrected chi connectivity index (χ0v) is 10.9. The van der Waals surface area contributed by atoms with Crippen LogP contribution in [0.4, 0.5) is 5.69 Å². The predicted octanol–water partition coefficient (Wildman–Crippen LogP) is 3.90. The SMILES string of the molecule is C=CCNc1cccc(C=NCc2ccccc2)c1. The van der Waals surface area contributed by atoms with Crippen molar-refractivity contribution >= 4 is 11.9 Å². The molecule has 96 valence electrons. The number of nitrogens with one attached hydrogen (secondary N) is 1. The highest BCUT2D eigenvalue weighted by atomic mass is 14.8. The highest BCUT2D eigenvalue weighted by Crippen LogP contribution is 2.09. The number of nitrogens with zero attached hydrogens (tertiary/aromatic N) is 1. The Morgan fingerprint density at radius 2 is 1.89 bits per heavy atom. The van der Waals surface area contributed by atoms with Crippen molar-refractivity contribution in [3.05, 3.63) is 78.4 Å². The molecule has 0 bridgehead atoms. The first kappa shape index (κ1) is 13.1. The first-order valence-corrected chi connectivity index (χ1v) is 6.37. The second kappa shape index (κ2) is 7.17. The van der Waals surface area contributed by atoms with Crippen LogP contribution < -0.4 is 5.32 Å². The smallest absolute Gasteiger partial charge is 0.0639 e. The van der Waals surface area contributed by atoms with Crippen LogP contribution in [0.3, 0.4) is 0 Å². The Balaban J connectivity index is 1.96. The van der Waals surface area contributed by atoms with Gasteiger partial charge in [0.15, 0.2) is 0 Å². The lowest BCUT2D eigenvalue weighted by atomic mass is 10.2. The normalized spacial score (nSPS) is 10.5. The maximum absolute atomic E-state index is 4.46. The summed E-state index contributed by atoms with van der Waals surface area (Å²) in [5.74, 6) is 0. The van der Waals surface area contributed by atoms with E-state index < -0.39 is 0 Å². The van der Waals surface area contributed by atoms with E-state index in [2.05, 4.69) is 35.1 Å². The van der Waals surface area contributed by atoms with Crippen LogP contribution in [-0.4, -0.2) is 12.8 Å². The van der Waals surface area contributed by atoms with Crippen molar-refractivity contribution in [2.75, 3.05) is 11.9 Å². The molecule has 0 aromatic heterocycles. The third kappa shape index (κ3) is 4.43. The molecule has 2 nitrogen and oxygen atoms in total. The summed E-state index contributed by atoms with van der Waals surface area (Å²) in [6.45, 7) is 5.17. The summed E-state index contributed by atoms with van der Waals surface area (Å²) >= 11 is 0. The van der Waals surface area contributed by atoms with Crippen molar-refractivity contribution < 1.29 is 0 Å². The zero-order chi connectivity index (χ0) is 13.3. The maximum Gasteiger partial charge on any atom is 0.0639 e. The molecule has 0 atom stereocenters. The molecule has 0 fully saturated rings. The third-order valence-corrected chi connectivity index (χ3v) is 2.69. The van der Waals surface area contributed by atoms with E-state index in [4.69, 9.17) is 0 Å². The lowest BCUT2D eigenvalue weighted by Gasteiger charge is -2.03. The fourth-order valence-electron chi connectivity index (χ4n) is 1.76. The number of benzene rings is 2. The zero-order valence-electron chi connectivity index (χ0n) is 10.9. The lowest BCUT2D eigenvalue weighted by Crippen LogP contribution is -1.97. The predicted molar refractivity (Wildman–Crippen MR) is 82.9 cm³/mol. The standard InChI is InChI=1S/C17H18N2/c1-2-11-19-17-10-6-9-16(12-17)14-18-13-15-7-4-3-5-8-15/h2-10,12,14,19H,1,11,13H2. The molecule has 0 saturated carbocycles. The summed E-state index contributed by atoms with van der Waals surface area (Å²) in [4.78, 5) is 4.46. The van der Waals surface area contributed by atoms with Gasteiger partial charge in [0, 0.05) is 18.4 Å². The summed E-state index contributed by atoms with van der Waals surface area (Å²) in [5, 5.41) is 3.26. The minimum atomic E-state index is 0.713. The molecule has 0 aliphatic heterocycles. The van der Waals surface area contributed by atoms with Gasteiger partial charge in [-0.3, -0.25) is 4.99 Å². The van der Waals surface area contributed by atoms with Crippen molar-refractivity contribution in [3.8, 4) is 0 Å². The summed E-state index contributed by atoms with van der Waals surface area (Å²) in [6, 6.07) is 18.4.